The highest BCUT2D eigenvalue weighted by atomic mass is 35.5. The Hall–Kier alpha value is -1.59. The number of aliphatic carboxylic acids is 2. The Morgan fingerprint density at radius 2 is 1.63 bits per heavy atom. The summed E-state index contributed by atoms with van der Waals surface area (Å²) in [6.45, 7) is 3.27. The summed E-state index contributed by atoms with van der Waals surface area (Å²) in [5.74, 6) is -1.91. The van der Waals surface area contributed by atoms with Gasteiger partial charge < -0.3 is 14.9 Å². The molecule has 1 aromatic rings. The predicted octanol–water partition coefficient (Wildman–Crippen LogP) is 2.37. The molecule has 106 valence electrons. The molecule has 0 fully saturated rings. The molecule has 1 unspecified atom stereocenters. The van der Waals surface area contributed by atoms with Gasteiger partial charge in [0, 0.05) is 0 Å². The maximum absolute atomic E-state index is 10.4. The van der Waals surface area contributed by atoms with Gasteiger partial charge in [0.1, 0.15) is 5.38 Å². The van der Waals surface area contributed by atoms with Gasteiger partial charge in [0.25, 0.3) is 0 Å². The highest BCUT2D eigenvalue weighted by molar-refractivity contribution is 6.29. The second-order valence-corrected chi connectivity index (χ2v) is 4.39. The van der Waals surface area contributed by atoms with E-state index in [2.05, 4.69) is 0 Å². The molecule has 0 saturated carbocycles. The van der Waals surface area contributed by atoms with Crippen LogP contribution < -0.4 is 0 Å². The van der Waals surface area contributed by atoms with Crippen LogP contribution in [0.5, 0.6) is 0 Å². The minimum atomic E-state index is -0.975. The summed E-state index contributed by atoms with van der Waals surface area (Å²) in [5.41, 5.74) is 0.982. The van der Waals surface area contributed by atoms with Crippen molar-refractivity contribution in [2.75, 3.05) is 0 Å². The fraction of sp³-hybridized carbons (Fsp3) is 0.385. The number of alkyl halides is 1. The molecule has 6 heteroatoms. The van der Waals surface area contributed by atoms with Crippen LogP contribution in [-0.4, -0.2) is 33.6 Å². The number of rotatable bonds is 5. The highest BCUT2D eigenvalue weighted by Gasteiger charge is 2.10. The summed E-state index contributed by atoms with van der Waals surface area (Å²) in [6.07, 6.45) is -0.750. The third kappa shape index (κ3) is 9.04. The van der Waals surface area contributed by atoms with Crippen LogP contribution >= 0.6 is 11.6 Å². The average Bonchev–Trinajstić information content (AvgIpc) is 2.37. The van der Waals surface area contributed by atoms with Crippen molar-refractivity contribution < 1.29 is 24.5 Å². The van der Waals surface area contributed by atoms with E-state index in [1.165, 1.54) is 13.8 Å². The minimum Gasteiger partial charge on any atom is -0.480 e. The van der Waals surface area contributed by atoms with Crippen LogP contribution in [0.3, 0.4) is 0 Å². The second kappa shape index (κ2) is 9.35. The fourth-order valence-corrected chi connectivity index (χ4v) is 0.867. The molecule has 1 rings (SSSR count). The van der Waals surface area contributed by atoms with Gasteiger partial charge in [-0.3, -0.25) is 4.79 Å². The molecule has 19 heavy (non-hydrogen) atoms. The van der Waals surface area contributed by atoms with Gasteiger partial charge in [-0.15, -0.1) is 11.6 Å². The summed E-state index contributed by atoms with van der Waals surface area (Å²) in [6, 6.07) is 9.49. The summed E-state index contributed by atoms with van der Waals surface area (Å²) in [7, 11) is 0. The molecule has 0 aliphatic carbocycles. The van der Waals surface area contributed by atoms with Crippen LogP contribution in [0.1, 0.15) is 19.4 Å². The molecule has 0 radical (unpaired) electrons. The lowest BCUT2D eigenvalue weighted by atomic mass is 10.2. The third-order valence-corrected chi connectivity index (χ3v) is 2.22. The maximum atomic E-state index is 10.4. The van der Waals surface area contributed by atoms with Crippen molar-refractivity contribution in [1.82, 2.24) is 0 Å². The van der Waals surface area contributed by atoms with Crippen molar-refractivity contribution in [2.45, 2.75) is 31.9 Å². The monoisotopic (exact) mass is 288 g/mol. The zero-order valence-corrected chi connectivity index (χ0v) is 11.5. The maximum Gasteiger partial charge on any atom is 0.332 e. The van der Waals surface area contributed by atoms with E-state index in [1.54, 1.807) is 0 Å². The molecular weight excluding hydrogens is 272 g/mol. The van der Waals surface area contributed by atoms with E-state index in [0.717, 1.165) is 5.56 Å². The lowest BCUT2D eigenvalue weighted by Crippen LogP contribution is -2.19. The number of ether oxygens (including phenoxy) is 1. The number of hydrogen-bond acceptors (Lipinski definition) is 3. The number of halogens is 1. The van der Waals surface area contributed by atoms with Gasteiger partial charge in [-0.2, -0.15) is 0 Å². The van der Waals surface area contributed by atoms with Gasteiger partial charge >= 0.3 is 11.9 Å². The Bertz CT molecular complexity index is 391. The molecule has 0 aliphatic heterocycles. The summed E-state index contributed by atoms with van der Waals surface area (Å²) in [5, 5.41) is 15.6. The van der Waals surface area contributed by atoms with E-state index in [1.807, 2.05) is 30.3 Å². The van der Waals surface area contributed by atoms with E-state index in [-0.39, 0.29) is 0 Å². The van der Waals surface area contributed by atoms with E-state index in [4.69, 9.17) is 26.6 Å². The third-order valence-electron chi connectivity index (χ3n) is 2.03. The zero-order chi connectivity index (χ0) is 14.8. The molecule has 0 heterocycles. The molecule has 2 N–H and O–H groups in total. The van der Waals surface area contributed by atoms with Crippen LogP contribution in [-0.2, 0) is 20.9 Å². The first-order valence-electron chi connectivity index (χ1n) is 5.59. The molecule has 0 saturated heterocycles. The fourth-order valence-electron chi connectivity index (χ4n) is 0.867. The standard InChI is InChI=1S/C10H12O3.C3H5ClO2/c1-8(10(11)12)13-7-9-5-3-2-4-6-9;1-2(4)3(5)6/h2-6,8H,7H2,1H3,(H,11,12);2H,1H3,(H,5,6)/t;2-/m.0/s1. The largest absolute Gasteiger partial charge is 0.480 e. The zero-order valence-electron chi connectivity index (χ0n) is 10.7. The highest BCUT2D eigenvalue weighted by Crippen LogP contribution is 2.02. The van der Waals surface area contributed by atoms with Gasteiger partial charge in [0.2, 0.25) is 0 Å². The molecule has 5 nitrogen and oxygen atoms in total. The van der Waals surface area contributed by atoms with Crippen LogP contribution in [0.25, 0.3) is 0 Å². The molecule has 0 aromatic heterocycles. The first-order chi connectivity index (χ1) is 8.84. The normalized spacial score (nSPS) is 12.8. The van der Waals surface area contributed by atoms with E-state index >= 15 is 0 Å². The first-order valence-corrected chi connectivity index (χ1v) is 6.03. The lowest BCUT2D eigenvalue weighted by molar-refractivity contribution is -0.149. The Morgan fingerprint density at radius 1 is 1.16 bits per heavy atom. The number of hydrogen-bond donors (Lipinski definition) is 2. The van der Waals surface area contributed by atoms with Crippen molar-refractivity contribution in [3.8, 4) is 0 Å². The Balaban J connectivity index is 0.000000459. The van der Waals surface area contributed by atoms with Gasteiger partial charge in [-0.25, -0.2) is 4.79 Å². The lowest BCUT2D eigenvalue weighted by Gasteiger charge is -2.07. The number of carboxylic acids is 2. The molecule has 0 amide bonds. The van der Waals surface area contributed by atoms with Crippen LogP contribution in [0, 0.1) is 0 Å². The molecule has 2 atom stereocenters. The molecule has 1 aromatic carbocycles. The summed E-state index contributed by atoms with van der Waals surface area (Å²) in [4.78, 5) is 20.0. The van der Waals surface area contributed by atoms with Crippen molar-refractivity contribution in [3.63, 3.8) is 0 Å². The number of carboxylic acid groups (broad SMARTS) is 2. The summed E-state index contributed by atoms with van der Waals surface area (Å²) < 4.78 is 5.09. The Morgan fingerprint density at radius 3 is 2.00 bits per heavy atom. The molecular formula is C13H17ClO5. The van der Waals surface area contributed by atoms with E-state index < -0.39 is 23.4 Å². The SMILES string of the molecule is CC(OCc1ccccc1)C(=O)O.C[C@H](Cl)C(=O)O. The Labute approximate surface area is 116 Å². The van der Waals surface area contributed by atoms with Crippen LogP contribution in [0.4, 0.5) is 0 Å². The van der Waals surface area contributed by atoms with E-state index in [9.17, 15) is 9.59 Å². The van der Waals surface area contributed by atoms with Crippen molar-refractivity contribution in [2.24, 2.45) is 0 Å². The summed E-state index contributed by atoms with van der Waals surface area (Å²) >= 11 is 5.01. The van der Waals surface area contributed by atoms with E-state index in [0.29, 0.717) is 6.61 Å². The average molecular weight is 289 g/mol. The van der Waals surface area contributed by atoms with Gasteiger partial charge in [0.05, 0.1) is 6.61 Å². The molecule has 0 bridgehead atoms. The molecule has 0 spiro atoms. The van der Waals surface area contributed by atoms with Gasteiger partial charge in [0.15, 0.2) is 6.10 Å². The predicted molar refractivity (Wildman–Crippen MR) is 71.3 cm³/mol. The number of benzene rings is 1. The quantitative estimate of drug-likeness (QED) is 0.813. The number of carbonyl (C=O) groups is 2. The van der Waals surface area contributed by atoms with Crippen LogP contribution in [0.2, 0.25) is 0 Å². The van der Waals surface area contributed by atoms with Crippen LogP contribution in [0.15, 0.2) is 30.3 Å². The van der Waals surface area contributed by atoms with Gasteiger partial charge in [-0.1, -0.05) is 30.3 Å². The first kappa shape index (κ1) is 17.4. The van der Waals surface area contributed by atoms with Gasteiger partial charge in [-0.05, 0) is 19.4 Å². The van der Waals surface area contributed by atoms with Crippen molar-refractivity contribution in [1.29, 1.82) is 0 Å². The smallest absolute Gasteiger partial charge is 0.332 e. The van der Waals surface area contributed by atoms with Crippen molar-refractivity contribution in [3.05, 3.63) is 35.9 Å². The second-order valence-electron chi connectivity index (χ2n) is 3.73. The minimum absolute atomic E-state index is 0.342. The molecule has 0 aliphatic rings. The van der Waals surface area contributed by atoms with Crippen molar-refractivity contribution >= 4 is 23.5 Å². The topological polar surface area (TPSA) is 83.8 Å². The Kier molecular flexibility index (Phi) is 8.57.